The van der Waals surface area contributed by atoms with E-state index in [1.807, 2.05) is 0 Å². The molecule has 0 radical (unpaired) electrons. The fourth-order valence-corrected chi connectivity index (χ4v) is 1.07. The maximum Gasteiger partial charge on any atom is 0.411 e. The number of nitrogens with one attached hydrogen (secondary N) is 1. The van der Waals surface area contributed by atoms with Crippen molar-refractivity contribution in [1.29, 1.82) is 0 Å². The zero-order chi connectivity index (χ0) is 12.7. The molecule has 0 spiro atoms. The Kier molecular flexibility index (Phi) is 5.36. The second kappa shape index (κ2) is 6.55. The van der Waals surface area contributed by atoms with E-state index in [9.17, 15) is 13.2 Å². The molecule has 0 amide bonds. The highest BCUT2D eigenvalue weighted by atomic mass is 19.4. The Morgan fingerprint density at radius 1 is 1.24 bits per heavy atom. The van der Waals surface area contributed by atoms with Crippen LogP contribution in [-0.2, 0) is 17.6 Å². The summed E-state index contributed by atoms with van der Waals surface area (Å²) in [6.45, 7) is -0.646. The summed E-state index contributed by atoms with van der Waals surface area (Å²) in [7, 11) is 1.79. The van der Waals surface area contributed by atoms with E-state index >= 15 is 0 Å². The minimum absolute atomic E-state index is 0.0901. The SMILES string of the molecule is CNCCc1nnc(CCOCC(F)(F)F)o1. The Balaban J connectivity index is 2.21. The van der Waals surface area contributed by atoms with Gasteiger partial charge in [0.2, 0.25) is 11.8 Å². The van der Waals surface area contributed by atoms with Gasteiger partial charge in [-0.05, 0) is 7.05 Å². The first-order valence-electron chi connectivity index (χ1n) is 5.11. The summed E-state index contributed by atoms with van der Waals surface area (Å²) in [5.41, 5.74) is 0. The first-order chi connectivity index (χ1) is 8.01. The van der Waals surface area contributed by atoms with Crippen LogP contribution in [-0.4, -0.2) is 43.2 Å². The van der Waals surface area contributed by atoms with E-state index in [0.29, 0.717) is 24.7 Å². The summed E-state index contributed by atoms with van der Waals surface area (Å²) >= 11 is 0. The molecule has 0 saturated carbocycles. The van der Waals surface area contributed by atoms with Gasteiger partial charge < -0.3 is 14.5 Å². The van der Waals surface area contributed by atoms with Gasteiger partial charge in [0.05, 0.1) is 6.61 Å². The molecule has 1 rings (SSSR count). The number of halogens is 3. The molecule has 17 heavy (non-hydrogen) atoms. The lowest BCUT2D eigenvalue weighted by molar-refractivity contribution is -0.173. The predicted molar refractivity (Wildman–Crippen MR) is 52.5 cm³/mol. The fourth-order valence-electron chi connectivity index (χ4n) is 1.07. The number of ether oxygens (including phenoxy) is 1. The lowest BCUT2D eigenvalue weighted by atomic mass is 10.4. The van der Waals surface area contributed by atoms with E-state index in [-0.39, 0.29) is 13.0 Å². The number of rotatable bonds is 7. The minimum atomic E-state index is -4.30. The van der Waals surface area contributed by atoms with Crippen LogP contribution in [0.5, 0.6) is 0 Å². The number of hydrogen-bond acceptors (Lipinski definition) is 5. The Morgan fingerprint density at radius 3 is 2.47 bits per heavy atom. The summed E-state index contributed by atoms with van der Waals surface area (Å²) in [4.78, 5) is 0. The van der Waals surface area contributed by atoms with Crippen LogP contribution in [0.2, 0.25) is 0 Å². The number of alkyl halides is 3. The van der Waals surface area contributed by atoms with E-state index in [2.05, 4.69) is 20.3 Å². The lowest BCUT2D eigenvalue weighted by Crippen LogP contribution is -2.18. The summed E-state index contributed by atoms with van der Waals surface area (Å²) in [5.74, 6) is 0.753. The van der Waals surface area contributed by atoms with Gasteiger partial charge in [-0.3, -0.25) is 0 Å². The third-order valence-electron chi connectivity index (χ3n) is 1.82. The summed E-state index contributed by atoms with van der Waals surface area (Å²) in [6.07, 6.45) is -3.53. The van der Waals surface area contributed by atoms with Gasteiger partial charge in [-0.15, -0.1) is 10.2 Å². The Bertz CT molecular complexity index is 328. The molecule has 1 aromatic rings. The molecular weight excluding hydrogens is 239 g/mol. The zero-order valence-electron chi connectivity index (χ0n) is 9.38. The zero-order valence-corrected chi connectivity index (χ0v) is 9.38. The molecular formula is C9H14F3N3O2. The van der Waals surface area contributed by atoms with E-state index in [1.165, 1.54) is 0 Å². The number of hydrogen-bond donors (Lipinski definition) is 1. The van der Waals surface area contributed by atoms with Gasteiger partial charge >= 0.3 is 6.18 Å². The molecule has 1 N–H and O–H groups in total. The molecule has 5 nitrogen and oxygen atoms in total. The van der Waals surface area contributed by atoms with Crippen LogP contribution in [0.25, 0.3) is 0 Å². The highest BCUT2D eigenvalue weighted by molar-refractivity contribution is 4.82. The van der Waals surface area contributed by atoms with Crippen molar-refractivity contribution in [3.63, 3.8) is 0 Å². The van der Waals surface area contributed by atoms with Crippen molar-refractivity contribution in [2.24, 2.45) is 0 Å². The minimum Gasteiger partial charge on any atom is -0.425 e. The van der Waals surface area contributed by atoms with Crippen molar-refractivity contribution >= 4 is 0 Å². The monoisotopic (exact) mass is 253 g/mol. The van der Waals surface area contributed by atoms with Crippen molar-refractivity contribution in [2.45, 2.75) is 19.0 Å². The van der Waals surface area contributed by atoms with Gasteiger partial charge in [-0.2, -0.15) is 13.2 Å². The van der Waals surface area contributed by atoms with Gasteiger partial charge in [-0.25, -0.2) is 0 Å². The molecule has 98 valence electrons. The van der Waals surface area contributed by atoms with E-state index in [1.54, 1.807) is 7.05 Å². The van der Waals surface area contributed by atoms with Crippen LogP contribution in [0.15, 0.2) is 4.42 Å². The topological polar surface area (TPSA) is 60.2 Å². The normalized spacial score (nSPS) is 12.0. The van der Waals surface area contributed by atoms with Crippen LogP contribution in [0.3, 0.4) is 0 Å². The molecule has 0 fully saturated rings. The largest absolute Gasteiger partial charge is 0.425 e. The molecule has 0 aromatic carbocycles. The van der Waals surface area contributed by atoms with Crippen LogP contribution in [0.4, 0.5) is 13.2 Å². The van der Waals surface area contributed by atoms with E-state index in [0.717, 1.165) is 0 Å². The molecule has 0 bridgehead atoms. The summed E-state index contributed by atoms with van der Waals surface area (Å²) in [5, 5.41) is 10.4. The summed E-state index contributed by atoms with van der Waals surface area (Å²) in [6, 6.07) is 0. The van der Waals surface area contributed by atoms with Gasteiger partial charge in [0.25, 0.3) is 0 Å². The Labute approximate surface area is 96.3 Å². The van der Waals surface area contributed by atoms with Crippen LogP contribution in [0, 0.1) is 0 Å². The van der Waals surface area contributed by atoms with Gasteiger partial charge in [0.1, 0.15) is 6.61 Å². The Hall–Kier alpha value is -1.15. The predicted octanol–water partition coefficient (Wildman–Crippen LogP) is 0.953. The second-order valence-corrected chi connectivity index (χ2v) is 3.36. The molecule has 8 heteroatoms. The van der Waals surface area contributed by atoms with E-state index < -0.39 is 12.8 Å². The molecule has 0 unspecified atom stereocenters. The van der Waals surface area contributed by atoms with Crippen LogP contribution < -0.4 is 5.32 Å². The van der Waals surface area contributed by atoms with Crippen molar-refractivity contribution in [3.05, 3.63) is 11.8 Å². The number of aromatic nitrogens is 2. The average Bonchev–Trinajstić information content (AvgIpc) is 2.68. The van der Waals surface area contributed by atoms with Crippen LogP contribution >= 0.6 is 0 Å². The quantitative estimate of drug-likeness (QED) is 0.733. The van der Waals surface area contributed by atoms with Crippen molar-refractivity contribution in [3.8, 4) is 0 Å². The standard InChI is InChI=1S/C9H14F3N3O2/c1-13-4-2-7-14-15-8(17-7)3-5-16-6-9(10,11)12/h13H,2-6H2,1H3. The van der Waals surface area contributed by atoms with Gasteiger partial charge in [0.15, 0.2) is 0 Å². The van der Waals surface area contributed by atoms with Gasteiger partial charge in [0, 0.05) is 19.4 Å². The summed E-state index contributed by atoms with van der Waals surface area (Å²) < 4.78 is 44.8. The average molecular weight is 253 g/mol. The molecule has 0 aliphatic rings. The number of nitrogens with zero attached hydrogens (tertiary/aromatic N) is 2. The third-order valence-corrected chi connectivity index (χ3v) is 1.82. The number of likely N-dealkylation sites (N-methyl/N-ethyl adjacent to an activating group) is 1. The maximum atomic E-state index is 11.7. The molecule has 0 saturated heterocycles. The van der Waals surface area contributed by atoms with Crippen molar-refractivity contribution in [2.75, 3.05) is 26.8 Å². The Morgan fingerprint density at radius 2 is 1.88 bits per heavy atom. The second-order valence-electron chi connectivity index (χ2n) is 3.36. The highest BCUT2D eigenvalue weighted by Gasteiger charge is 2.27. The van der Waals surface area contributed by atoms with Gasteiger partial charge in [-0.1, -0.05) is 0 Å². The smallest absolute Gasteiger partial charge is 0.411 e. The maximum absolute atomic E-state index is 11.7. The fraction of sp³-hybridized carbons (Fsp3) is 0.778. The first-order valence-corrected chi connectivity index (χ1v) is 5.11. The molecule has 0 aliphatic heterocycles. The first kappa shape index (κ1) is 13.9. The highest BCUT2D eigenvalue weighted by Crippen LogP contribution is 2.14. The third kappa shape index (κ3) is 6.22. The molecule has 0 atom stereocenters. The lowest BCUT2D eigenvalue weighted by Gasteiger charge is -2.05. The van der Waals surface area contributed by atoms with E-state index in [4.69, 9.17) is 4.42 Å². The van der Waals surface area contributed by atoms with Crippen molar-refractivity contribution < 1.29 is 22.3 Å². The molecule has 1 aromatic heterocycles. The van der Waals surface area contributed by atoms with Crippen LogP contribution in [0.1, 0.15) is 11.8 Å². The van der Waals surface area contributed by atoms with Crippen molar-refractivity contribution in [1.82, 2.24) is 15.5 Å². The molecule has 1 heterocycles. The molecule has 0 aliphatic carbocycles.